The molecule has 1 aliphatic heterocycles. The average Bonchev–Trinajstić information content (AvgIpc) is 3.30. The van der Waals surface area contributed by atoms with Crippen molar-refractivity contribution in [3.8, 4) is 0 Å². The van der Waals surface area contributed by atoms with Crippen molar-refractivity contribution >= 4 is 5.97 Å². The molecule has 0 spiro atoms. The molecule has 0 radical (unpaired) electrons. The molecule has 0 saturated heterocycles. The molecule has 6 heteroatoms. The van der Waals surface area contributed by atoms with Gasteiger partial charge in [-0.25, -0.2) is 4.79 Å². The zero-order valence-corrected chi connectivity index (χ0v) is 27.6. The summed E-state index contributed by atoms with van der Waals surface area (Å²) in [5, 5.41) is 40.8. The first-order valence-electron chi connectivity index (χ1n) is 17.8. The molecule has 6 nitrogen and oxygen atoms in total. The van der Waals surface area contributed by atoms with Gasteiger partial charge in [-0.15, -0.1) is 0 Å². The maximum atomic E-state index is 11.6. The largest absolute Gasteiger partial charge is 0.455 e. The number of carbonyl (C=O) groups excluding carboxylic acids is 1. The quantitative estimate of drug-likeness (QED) is 0.0387. The van der Waals surface area contributed by atoms with Crippen LogP contribution in [-0.2, 0) is 9.53 Å². The van der Waals surface area contributed by atoms with Gasteiger partial charge >= 0.3 is 5.97 Å². The number of cyclic esters (lactones) is 1. The Labute approximate surface area is 263 Å². The Kier molecular flexibility index (Phi) is 24.7. The highest BCUT2D eigenvalue weighted by molar-refractivity contribution is 5.90. The number of esters is 1. The topological polar surface area (TPSA) is 107 Å². The number of hydrogen-bond acceptors (Lipinski definition) is 6. The van der Waals surface area contributed by atoms with Gasteiger partial charge in [-0.1, -0.05) is 115 Å². The fourth-order valence-electron chi connectivity index (χ4n) is 5.66. The van der Waals surface area contributed by atoms with Crippen molar-refractivity contribution in [2.45, 2.75) is 192 Å². The SMILES string of the molecule is CCCCCCCCCCCCC(O)C(O)CCC=CCCC=CCCC(O)CCCCCC(O)CC1=CC(C)OC1=O. The van der Waals surface area contributed by atoms with Crippen LogP contribution < -0.4 is 0 Å². The Morgan fingerprint density at radius 1 is 0.628 bits per heavy atom. The number of aliphatic hydroxyl groups excluding tert-OH is 4. The summed E-state index contributed by atoms with van der Waals surface area (Å²) in [6.45, 7) is 4.07. The molecule has 0 saturated carbocycles. The molecule has 0 aromatic carbocycles. The molecule has 0 fully saturated rings. The number of hydrogen-bond donors (Lipinski definition) is 4. The van der Waals surface area contributed by atoms with Crippen LogP contribution in [-0.4, -0.2) is 56.9 Å². The molecular formula is C37H66O6. The summed E-state index contributed by atoms with van der Waals surface area (Å²) in [7, 11) is 0. The van der Waals surface area contributed by atoms with Gasteiger partial charge in [0.15, 0.2) is 0 Å². The molecule has 1 heterocycles. The molecule has 5 atom stereocenters. The van der Waals surface area contributed by atoms with Crippen molar-refractivity contribution in [2.24, 2.45) is 0 Å². The highest BCUT2D eigenvalue weighted by Gasteiger charge is 2.24. The second kappa shape index (κ2) is 26.9. The lowest BCUT2D eigenvalue weighted by molar-refractivity contribution is -0.139. The summed E-state index contributed by atoms with van der Waals surface area (Å²) < 4.78 is 5.06. The standard InChI is InChI=1S/C37H66O6/c1-3-4-5-6-7-8-9-13-16-22-27-35(40)36(41)28-23-17-14-11-10-12-15-19-24-33(38)25-20-18-21-26-34(39)30-32-29-31(2)43-37(32)42/h12,14-15,17,29,31,33-36,38-41H,3-11,13,16,18-28,30H2,1-2H3. The maximum absolute atomic E-state index is 11.6. The van der Waals surface area contributed by atoms with Crippen LogP contribution in [0.15, 0.2) is 36.0 Å². The highest BCUT2D eigenvalue weighted by atomic mass is 16.5. The van der Waals surface area contributed by atoms with Crippen molar-refractivity contribution in [1.82, 2.24) is 0 Å². The Morgan fingerprint density at radius 2 is 1.09 bits per heavy atom. The van der Waals surface area contributed by atoms with Crippen molar-refractivity contribution in [2.75, 3.05) is 0 Å². The van der Waals surface area contributed by atoms with Crippen molar-refractivity contribution in [1.29, 1.82) is 0 Å². The van der Waals surface area contributed by atoms with E-state index in [0.29, 0.717) is 31.3 Å². The van der Waals surface area contributed by atoms with Gasteiger partial charge in [-0.2, -0.15) is 0 Å². The Hall–Kier alpha value is -1.47. The molecule has 1 rings (SSSR count). The summed E-state index contributed by atoms with van der Waals surface area (Å²) >= 11 is 0. The molecule has 1 aliphatic rings. The molecule has 0 aliphatic carbocycles. The summed E-state index contributed by atoms with van der Waals surface area (Å²) in [6.07, 6.45) is 31.1. The third-order valence-electron chi connectivity index (χ3n) is 8.45. The second-order valence-corrected chi connectivity index (χ2v) is 12.7. The van der Waals surface area contributed by atoms with E-state index in [1.807, 2.05) is 6.92 Å². The van der Waals surface area contributed by atoms with E-state index in [2.05, 4.69) is 31.2 Å². The fraction of sp³-hybridized carbons (Fsp3) is 0.811. The number of ether oxygens (including phenoxy) is 1. The molecule has 0 aromatic heterocycles. The second-order valence-electron chi connectivity index (χ2n) is 12.7. The third kappa shape index (κ3) is 22.7. The minimum Gasteiger partial charge on any atom is -0.455 e. The summed E-state index contributed by atoms with van der Waals surface area (Å²) in [4.78, 5) is 11.6. The highest BCUT2D eigenvalue weighted by Crippen LogP contribution is 2.21. The summed E-state index contributed by atoms with van der Waals surface area (Å²) in [6, 6.07) is 0. The molecule has 0 amide bonds. The van der Waals surface area contributed by atoms with Crippen LogP contribution >= 0.6 is 0 Å². The first-order chi connectivity index (χ1) is 20.8. The Bertz CT molecular complexity index is 760. The van der Waals surface area contributed by atoms with Crippen LogP contribution in [0, 0.1) is 0 Å². The lowest BCUT2D eigenvalue weighted by atomic mass is 10.0. The van der Waals surface area contributed by atoms with Crippen LogP contribution in [0.3, 0.4) is 0 Å². The molecular weight excluding hydrogens is 540 g/mol. The van der Waals surface area contributed by atoms with Gasteiger partial charge < -0.3 is 25.2 Å². The number of unbranched alkanes of at least 4 members (excludes halogenated alkanes) is 12. The van der Waals surface area contributed by atoms with E-state index in [1.165, 1.54) is 51.4 Å². The van der Waals surface area contributed by atoms with Crippen molar-refractivity contribution in [3.05, 3.63) is 36.0 Å². The minimum atomic E-state index is -0.632. The zero-order valence-electron chi connectivity index (χ0n) is 27.6. The van der Waals surface area contributed by atoms with Gasteiger partial charge in [0.2, 0.25) is 0 Å². The third-order valence-corrected chi connectivity index (χ3v) is 8.45. The van der Waals surface area contributed by atoms with Crippen LogP contribution in [0.1, 0.15) is 162 Å². The molecule has 4 N–H and O–H groups in total. The van der Waals surface area contributed by atoms with Gasteiger partial charge in [-0.05, 0) is 70.8 Å². The van der Waals surface area contributed by atoms with Gasteiger partial charge in [0.05, 0.1) is 24.4 Å². The van der Waals surface area contributed by atoms with Gasteiger partial charge in [-0.3, -0.25) is 0 Å². The van der Waals surface area contributed by atoms with E-state index < -0.39 is 18.3 Å². The number of rotatable bonds is 29. The van der Waals surface area contributed by atoms with E-state index in [4.69, 9.17) is 4.74 Å². The van der Waals surface area contributed by atoms with Crippen LogP contribution in [0.4, 0.5) is 0 Å². The van der Waals surface area contributed by atoms with Crippen LogP contribution in [0.2, 0.25) is 0 Å². The number of aliphatic hydroxyl groups is 4. The van der Waals surface area contributed by atoms with Crippen molar-refractivity contribution < 1.29 is 30.0 Å². The van der Waals surface area contributed by atoms with Crippen molar-refractivity contribution in [3.63, 3.8) is 0 Å². The van der Waals surface area contributed by atoms with Gasteiger partial charge in [0.1, 0.15) is 6.10 Å². The lowest BCUT2D eigenvalue weighted by Gasteiger charge is -2.17. The van der Waals surface area contributed by atoms with E-state index in [9.17, 15) is 25.2 Å². The Morgan fingerprint density at radius 3 is 1.67 bits per heavy atom. The molecule has 250 valence electrons. The van der Waals surface area contributed by atoms with E-state index in [-0.39, 0.29) is 18.2 Å². The molecule has 0 bridgehead atoms. The summed E-state index contributed by atoms with van der Waals surface area (Å²) in [5.41, 5.74) is 0.584. The van der Waals surface area contributed by atoms with E-state index in [1.54, 1.807) is 6.08 Å². The number of carbonyl (C=O) groups is 1. The lowest BCUT2D eigenvalue weighted by Crippen LogP contribution is -2.25. The molecule has 5 unspecified atom stereocenters. The van der Waals surface area contributed by atoms with Gasteiger partial charge in [0.25, 0.3) is 0 Å². The predicted octanol–water partition coefficient (Wildman–Crippen LogP) is 8.41. The van der Waals surface area contributed by atoms with Crippen LogP contribution in [0.25, 0.3) is 0 Å². The normalized spacial score (nSPS) is 18.3. The van der Waals surface area contributed by atoms with Gasteiger partial charge in [0, 0.05) is 12.0 Å². The fourth-order valence-corrected chi connectivity index (χ4v) is 5.66. The summed E-state index contributed by atoms with van der Waals surface area (Å²) in [5.74, 6) is -0.308. The molecule has 0 aromatic rings. The Balaban J connectivity index is 1.91. The first-order valence-corrected chi connectivity index (χ1v) is 17.8. The maximum Gasteiger partial charge on any atom is 0.334 e. The van der Waals surface area contributed by atoms with Crippen LogP contribution in [0.5, 0.6) is 0 Å². The minimum absolute atomic E-state index is 0.191. The average molecular weight is 607 g/mol. The van der Waals surface area contributed by atoms with E-state index in [0.717, 1.165) is 70.6 Å². The predicted molar refractivity (Wildman–Crippen MR) is 178 cm³/mol. The smallest absolute Gasteiger partial charge is 0.334 e. The van der Waals surface area contributed by atoms with E-state index >= 15 is 0 Å². The first kappa shape index (κ1) is 39.6. The zero-order chi connectivity index (χ0) is 31.5. The molecule has 43 heavy (non-hydrogen) atoms. The monoisotopic (exact) mass is 606 g/mol. The number of allylic oxidation sites excluding steroid dienone is 4.